The highest BCUT2D eigenvalue weighted by Crippen LogP contribution is 2.19. The second kappa shape index (κ2) is 5.20. The number of H-pyrrole nitrogens is 1. The van der Waals surface area contributed by atoms with Crippen molar-refractivity contribution in [2.45, 2.75) is 19.4 Å². The van der Waals surface area contributed by atoms with Crippen molar-refractivity contribution in [2.75, 3.05) is 7.11 Å². The quantitative estimate of drug-likeness (QED) is 0.817. The van der Waals surface area contributed by atoms with Crippen molar-refractivity contribution in [1.29, 1.82) is 0 Å². The number of aromatic nitrogens is 2. The maximum Gasteiger partial charge on any atom is 0.335 e. The lowest BCUT2D eigenvalue weighted by Crippen LogP contribution is -2.28. The molecule has 7 nitrogen and oxygen atoms in total. The molecule has 0 aliphatic heterocycles. The number of hydrogen-bond donors (Lipinski definition) is 2. The molecule has 0 aliphatic rings. The number of esters is 1. The molecule has 20 heavy (non-hydrogen) atoms. The van der Waals surface area contributed by atoms with Crippen molar-refractivity contribution >= 4 is 23.0 Å². The van der Waals surface area contributed by atoms with Crippen LogP contribution in [0.25, 0.3) is 11.0 Å². The molecule has 1 heterocycles. The third kappa shape index (κ3) is 2.18. The van der Waals surface area contributed by atoms with Crippen LogP contribution in [0.4, 0.5) is 0 Å². The molecule has 0 saturated heterocycles. The van der Waals surface area contributed by atoms with Gasteiger partial charge in [0, 0.05) is 0 Å². The zero-order valence-corrected chi connectivity index (χ0v) is 11.0. The van der Waals surface area contributed by atoms with E-state index in [-0.39, 0.29) is 5.56 Å². The van der Waals surface area contributed by atoms with Gasteiger partial charge in [-0.15, -0.1) is 0 Å². The van der Waals surface area contributed by atoms with Gasteiger partial charge >= 0.3 is 17.6 Å². The second-order valence-corrected chi connectivity index (χ2v) is 4.28. The number of aromatic carboxylic acids is 1. The normalized spacial score (nSPS) is 12.3. The molecule has 1 aromatic heterocycles. The highest BCUT2D eigenvalue weighted by Gasteiger charge is 2.23. The van der Waals surface area contributed by atoms with Gasteiger partial charge in [0.2, 0.25) is 0 Å². The van der Waals surface area contributed by atoms with Gasteiger partial charge in [0.25, 0.3) is 0 Å². The van der Waals surface area contributed by atoms with Crippen LogP contribution < -0.4 is 5.69 Å². The molecule has 0 amide bonds. The standard InChI is InChI=1S/C13H14N2O5/c1-3-9(12(18)20-2)15-10-5-4-7(11(16)17)6-8(10)14-13(15)19/h4-6,9H,3H2,1-2H3,(H,14,19)(H,16,17). The number of aromatic amines is 1. The predicted octanol–water partition coefficient (Wildman–Crippen LogP) is 1.15. The predicted molar refractivity (Wildman–Crippen MR) is 70.9 cm³/mol. The number of hydrogen-bond acceptors (Lipinski definition) is 4. The van der Waals surface area contributed by atoms with Crippen LogP contribution in [0.5, 0.6) is 0 Å². The minimum Gasteiger partial charge on any atom is -0.478 e. The van der Waals surface area contributed by atoms with Gasteiger partial charge < -0.3 is 14.8 Å². The molecule has 7 heteroatoms. The maximum atomic E-state index is 12.0. The Morgan fingerprint density at radius 3 is 2.70 bits per heavy atom. The third-order valence-electron chi connectivity index (χ3n) is 3.14. The monoisotopic (exact) mass is 278 g/mol. The number of carbonyl (C=O) groups is 2. The SMILES string of the molecule is CCC(C(=O)OC)n1c(=O)[nH]c2cc(C(=O)O)ccc21. The molecule has 0 saturated carbocycles. The molecule has 1 atom stereocenters. The van der Waals surface area contributed by atoms with E-state index in [0.717, 1.165) is 0 Å². The van der Waals surface area contributed by atoms with E-state index in [0.29, 0.717) is 17.5 Å². The van der Waals surface area contributed by atoms with Crippen LogP contribution in [0.2, 0.25) is 0 Å². The van der Waals surface area contributed by atoms with Crippen LogP contribution in [0.3, 0.4) is 0 Å². The van der Waals surface area contributed by atoms with Gasteiger partial charge in [-0.25, -0.2) is 14.4 Å². The Bertz CT molecular complexity index is 728. The Kier molecular flexibility index (Phi) is 3.60. The second-order valence-electron chi connectivity index (χ2n) is 4.28. The van der Waals surface area contributed by atoms with Crippen LogP contribution in [-0.4, -0.2) is 33.7 Å². The smallest absolute Gasteiger partial charge is 0.335 e. The van der Waals surface area contributed by atoms with Crippen molar-refractivity contribution < 1.29 is 19.4 Å². The van der Waals surface area contributed by atoms with Gasteiger partial charge in [0.1, 0.15) is 6.04 Å². The number of benzene rings is 1. The Morgan fingerprint density at radius 2 is 2.15 bits per heavy atom. The fourth-order valence-corrected chi connectivity index (χ4v) is 2.16. The van der Waals surface area contributed by atoms with Gasteiger partial charge in [-0.05, 0) is 24.6 Å². The van der Waals surface area contributed by atoms with Gasteiger partial charge in [-0.1, -0.05) is 6.92 Å². The van der Waals surface area contributed by atoms with E-state index in [1.807, 2.05) is 0 Å². The van der Waals surface area contributed by atoms with E-state index in [4.69, 9.17) is 5.11 Å². The van der Waals surface area contributed by atoms with Crippen molar-refractivity contribution in [3.8, 4) is 0 Å². The minimum absolute atomic E-state index is 0.0667. The minimum atomic E-state index is -1.08. The lowest BCUT2D eigenvalue weighted by Gasteiger charge is -2.14. The number of imidazole rings is 1. The first-order valence-corrected chi connectivity index (χ1v) is 6.05. The molecular weight excluding hydrogens is 264 g/mol. The number of ether oxygens (including phenoxy) is 1. The number of methoxy groups -OCH3 is 1. The van der Waals surface area contributed by atoms with Crippen molar-refractivity contribution in [2.24, 2.45) is 0 Å². The number of carboxylic acid groups (broad SMARTS) is 1. The summed E-state index contributed by atoms with van der Waals surface area (Å²) in [6, 6.07) is 3.51. The molecule has 0 spiro atoms. The number of nitrogens with zero attached hydrogens (tertiary/aromatic N) is 1. The Balaban J connectivity index is 2.65. The lowest BCUT2D eigenvalue weighted by atomic mass is 10.2. The summed E-state index contributed by atoms with van der Waals surface area (Å²) in [5.74, 6) is -1.60. The molecule has 0 radical (unpaired) electrons. The fraction of sp³-hybridized carbons (Fsp3) is 0.308. The Morgan fingerprint density at radius 1 is 1.45 bits per heavy atom. The highest BCUT2D eigenvalue weighted by molar-refractivity contribution is 5.92. The van der Waals surface area contributed by atoms with Gasteiger partial charge in [0.15, 0.2) is 0 Å². The summed E-state index contributed by atoms with van der Waals surface area (Å²) in [6.07, 6.45) is 0.389. The van der Waals surface area contributed by atoms with E-state index in [1.54, 1.807) is 6.92 Å². The average Bonchev–Trinajstić information content (AvgIpc) is 2.75. The summed E-state index contributed by atoms with van der Waals surface area (Å²) in [5, 5.41) is 8.93. The largest absolute Gasteiger partial charge is 0.478 e. The summed E-state index contributed by atoms with van der Waals surface area (Å²) < 4.78 is 5.97. The molecule has 0 fully saturated rings. The summed E-state index contributed by atoms with van der Waals surface area (Å²) >= 11 is 0. The first-order chi connectivity index (χ1) is 9.49. The summed E-state index contributed by atoms with van der Waals surface area (Å²) in [4.78, 5) is 37.2. The van der Waals surface area contributed by atoms with E-state index in [2.05, 4.69) is 9.72 Å². The van der Waals surface area contributed by atoms with Crippen molar-refractivity contribution in [1.82, 2.24) is 9.55 Å². The van der Waals surface area contributed by atoms with Crippen LogP contribution in [0.15, 0.2) is 23.0 Å². The van der Waals surface area contributed by atoms with Crippen molar-refractivity contribution in [3.63, 3.8) is 0 Å². The zero-order chi connectivity index (χ0) is 14.9. The van der Waals surface area contributed by atoms with Gasteiger partial charge in [-0.3, -0.25) is 4.57 Å². The third-order valence-corrected chi connectivity index (χ3v) is 3.14. The van der Waals surface area contributed by atoms with Gasteiger partial charge in [0.05, 0.1) is 23.7 Å². The first-order valence-electron chi connectivity index (χ1n) is 6.05. The number of rotatable bonds is 4. The lowest BCUT2D eigenvalue weighted by molar-refractivity contribution is -0.144. The molecular formula is C13H14N2O5. The number of fused-ring (bicyclic) bond motifs is 1. The summed E-state index contributed by atoms with van der Waals surface area (Å²) in [6.45, 7) is 1.76. The number of nitrogens with one attached hydrogen (secondary N) is 1. The topological polar surface area (TPSA) is 101 Å². The molecule has 0 bridgehead atoms. The van der Waals surface area contributed by atoms with Gasteiger partial charge in [-0.2, -0.15) is 0 Å². The molecule has 2 N–H and O–H groups in total. The first kappa shape index (κ1) is 13.9. The van der Waals surface area contributed by atoms with E-state index < -0.39 is 23.7 Å². The fourth-order valence-electron chi connectivity index (χ4n) is 2.16. The Labute approximate surface area is 113 Å². The molecule has 1 unspecified atom stereocenters. The van der Waals surface area contributed by atoms with E-state index >= 15 is 0 Å². The average molecular weight is 278 g/mol. The van der Waals surface area contributed by atoms with Crippen LogP contribution >= 0.6 is 0 Å². The number of carbonyl (C=O) groups excluding carboxylic acids is 1. The Hall–Kier alpha value is -2.57. The maximum absolute atomic E-state index is 12.0. The zero-order valence-electron chi connectivity index (χ0n) is 11.0. The number of carboxylic acids is 1. The van der Waals surface area contributed by atoms with Crippen LogP contribution in [0.1, 0.15) is 29.7 Å². The molecule has 106 valence electrons. The van der Waals surface area contributed by atoms with E-state index in [9.17, 15) is 14.4 Å². The van der Waals surface area contributed by atoms with Crippen LogP contribution in [0, 0.1) is 0 Å². The highest BCUT2D eigenvalue weighted by atomic mass is 16.5. The molecule has 1 aromatic carbocycles. The van der Waals surface area contributed by atoms with E-state index in [1.165, 1.54) is 29.9 Å². The molecule has 0 aliphatic carbocycles. The van der Waals surface area contributed by atoms with Crippen LogP contribution in [-0.2, 0) is 9.53 Å². The molecule has 2 aromatic rings. The summed E-state index contributed by atoms with van der Waals surface area (Å²) in [7, 11) is 1.26. The summed E-state index contributed by atoms with van der Waals surface area (Å²) in [5.41, 5.74) is 0.436. The molecule has 2 rings (SSSR count). The van der Waals surface area contributed by atoms with Crippen molar-refractivity contribution in [3.05, 3.63) is 34.2 Å².